The molecule has 19 heavy (non-hydrogen) atoms. The number of thioether (sulfide) groups is 1. The highest BCUT2D eigenvalue weighted by atomic mass is 35.5. The molecule has 1 heterocycles. The summed E-state index contributed by atoms with van der Waals surface area (Å²) < 4.78 is 0. The van der Waals surface area contributed by atoms with Gasteiger partial charge in [0.05, 0.1) is 0 Å². The van der Waals surface area contributed by atoms with Crippen LogP contribution in [0.2, 0.25) is 5.15 Å². The molecule has 0 spiro atoms. The van der Waals surface area contributed by atoms with Gasteiger partial charge < -0.3 is 11.1 Å². The van der Waals surface area contributed by atoms with Crippen molar-refractivity contribution in [2.24, 2.45) is 4.99 Å². The maximum absolute atomic E-state index is 5.95. The first-order valence-corrected chi connectivity index (χ1v) is 7.11. The highest BCUT2D eigenvalue weighted by molar-refractivity contribution is 7.98. The number of nitrogens with one attached hydrogen (secondary N) is 1. The quantitative estimate of drug-likeness (QED) is 0.277. The Morgan fingerprint density at radius 3 is 2.89 bits per heavy atom. The zero-order chi connectivity index (χ0) is 14.3. The lowest BCUT2D eigenvalue weighted by molar-refractivity contribution is 0.969. The molecule has 0 unspecified atom stereocenters. The summed E-state index contributed by atoms with van der Waals surface area (Å²) in [5, 5.41) is 3.94. The normalized spacial score (nSPS) is 11.8. The van der Waals surface area contributed by atoms with Crippen LogP contribution in [0.3, 0.4) is 0 Å². The highest BCUT2D eigenvalue weighted by Gasteiger charge is 2.09. The van der Waals surface area contributed by atoms with Gasteiger partial charge in [0, 0.05) is 12.7 Å². The lowest BCUT2D eigenvalue weighted by Crippen LogP contribution is -2.09. The molecule has 0 amide bonds. The number of hydrogen-bond acceptors (Lipinski definition) is 6. The lowest BCUT2D eigenvalue weighted by Gasteiger charge is -2.10. The summed E-state index contributed by atoms with van der Waals surface area (Å²) >= 11 is 7.35. The van der Waals surface area contributed by atoms with E-state index in [1.807, 2.05) is 25.3 Å². The molecule has 3 N–H and O–H groups in total. The number of rotatable bonds is 6. The van der Waals surface area contributed by atoms with E-state index in [2.05, 4.69) is 27.0 Å². The number of nitrogens with two attached hydrogens (primary N) is 1. The lowest BCUT2D eigenvalue weighted by atomic mass is 10.2. The van der Waals surface area contributed by atoms with Crippen molar-refractivity contribution in [3.8, 4) is 0 Å². The van der Waals surface area contributed by atoms with Gasteiger partial charge in [0.2, 0.25) is 0 Å². The molecule has 102 valence electrons. The second-order valence-electron chi connectivity index (χ2n) is 3.50. The Balaban J connectivity index is 2.90. The smallest absolute Gasteiger partial charge is 0.190 e. The Morgan fingerprint density at radius 1 is 1.58 bits per heavy atom. The highest BCUT2D eigenvalue weighted by Crippen LogP contribution is 2.26. The van der Waals surface area contributed by atoms with Gasteiger partial charge >= 0.3 is 0 Å². The number of anilines is 2. The topological polar surface area (TPSA) is 76.2 Å². The van der Waals surface area contributed by atoms with Crippen LogP contribution in [0, 0.1) is 0 Å². The summed E-state index contributed by atoms with van der Waals surface area (Å²) in [6.45, 7) is 5.89. The average Bonchev–Trinajstić information content (AvgIpc) is 2.40. The number of aliphatic imine (C=N–C) groups is 1. The fourth-order valence-electron chi connectivity index (χ4n) is 1.31. The van der Waals surface area contributed by atoms with Gasteiger partial charge in [-0.25, -0.2) is 9.97 Å². The summed E-state index contributed by atoms with van der Waals surface area (Å²) in [5.41, 5.74) is 7.13. The molecule has 0 aliphatic heterocycles. The summed E-state index contributed by atoms with van der Waals surface area (Å²) in [4.78, 5) is 12.1. The van der Waals surface area contributed by atoms with E-state index >= 15 is 0 Å². The van der Waals surface area contributed by atoms with Gasteiger partial charge in [-0.1, -0.05) is 35.5 Å². The first-order valence-electron chi connectivity index (χ1n) is 5.50. The average molecular weight is 298 g/mol. The van der Waals surface area contributed by atoms with Gasteiger partial charge in [0.15, 0.2) is 16.1 Å². The molecule has 5 nitrogen and oxygen atoms in total. The molecular formula is C12H16ClN5S. The zero-order valence-corrected chi connectivity index (χ0v) is 12.4. The molecule has 1 rings (SSSR count). The van der Waals surface area contributed by atoms with Crippen LogP contribution in [0.25, 0.3) is 0 Å². The minimum atomic E-state index is 0.250. The van der Waals surface area contributed by atoms with Crippen molar-refractivity contribution in [2.75, 3.05) is 23.9 Å². The van der Waals surface area contributed by atoms with E-state index in [4.69, 9.17) is 17.3 Å². The summed E-state index contributed by atoms with van der Waals surface area (Å²) in [5.74, 6) is 0.517. The van der Waals surface area contributed by atoms with Gasteiger partial charge in [-0.05, 0) is 25.5 Å². The van der Waals surface area contributed by atoms with Crippen LogP contribution in [0.1, 0.15) is 6.92 Å². The van der Waals surface area contributed by atoms with E-state index in [1.54, 1.807) is 6.20 Å². The molecule has 0 aliphatic rings. The molecular weight excluding hydrogens is 282 g/mol. The summed E-state index contributed by atoms with van der Waals surface area (Å²) in [6, 6.07) is 0. The molecule has 0 atom stereocenters. The van der Waals surface area contributed by atoms with Gasteiger partial charge in [0.1, 0.15) is 5.69 Å². The van der Waals surface area contributed by atoms with Crippen LogP contribution < -0.4 is 11.1 Å². The van der Waals surface area contributed by atoms with E-state index in [9.17, 15) is 0 Å². The number of hydrogen-bond donors (Lipinski definition) is 2. The standard InChI is InChI=1S/C12H16ClN5S/c1-4-5-8(6-15-2)7-16-11-9(14)10(13)17-12(18-11)19-3/h4-6H,2,7,14H2,1,3H3,(H,16,17,18)/b5-4-,8-6+. The van der Waals surface area contributed by atoms with E-state index in [0.29, 0.717) is 23.2 Å². The third kappa shape index (κ3) is 4.57. The fraction of sp³-hybridized carbons (Fsp3) is 0.250. The minimum absolute atomic E-state index is 0.250. The molecule has 0 radical (unpaired) electrons. The largest absolute Gasteiger partial charge is 0.393 e. The van der Waals surface area contributed by atoms with Gasteiger partial charge in [-0.3, -0.25) is 4.99 Å². The number of nitrogens with zero attached hydrogens (tertiary/aromatic N) is 3. The number of nitrogen functional groups attached to an aromatic ring is 1. The van der Waals surface area contributed by atoms with Crippen LogP contribution >= 0.6 is 23.4 Å². The van der Waals surface area contributed by atoms with Crippen LogP contribution in [-0.2, 0) is 0 Å². The molecule has 0 fully saturated rings. The summed E-state index contributed by atoms with van der Waals surface area (Å²) in [7, 11) is 0. The molecule has 0 aliphatic carbocycles. The maximum Gasteiger partial charge on any atom is 0.190 e. The molecule has 0 aromatic carbocycles. The second kappa shape index (κ2) is 7.81. The molecule has 1 aromatic heterocycles. The SMILES string of the molecule is C=N/C=C(\C=C/C)CNc1nc(SC)nc(Cl)c1N. The molecule has 0 saturated carbocycles. The third-order valence-electron chi connectivity index (χ3n) is 2.16. The van der Waals surface area contributed by atoms with Crippen molar-refractivity contribution in [3.05, 3.63) is 29.1 Å². The van der Waals surface area contributed by atoms with Crippen LogP contribution in [0.15, 0.2) is 34.1 Å². The van der Waals surface area contributed by atoms with Crippen molar-refractivity contribution in [3.63, 3.8) is 0 Å². The Hall–Kier alpha value is -1.53. The zero-order valence-electron chi connectivity index (χ0n) is 10.9. The summed E-state index contributed by atoms with van der Waals surface area (Å²) in [6.07, 6.45) is 7.39. The van der Waals surface area contributed by atoms with Crippen LogP contribution in [0.5, 0.6) is 0 Å². The van der Waals surface area contributed by atoms with Crippen molar-refractivity contribution in [2.45, 2.75) is 12.1 Å². The van der Waals surface area contributed by atoms with Gasteiger partial charge in [0.25, 0.3) is 0 Å². The Labute approximate surface area is 122 Å². The van der Waals surface area contributed by atoms with Crippen molar-refractivity contribution >= 4 is 41.6 Å². The number of halogens is 1. The van der Waals surface area contributed by atoms with E-state index in [0.717, 1.165) is 5.57 Å². The van der Waals surface area contributed by atoms with Crippen molar-refractivity contribution in [1.29, 1.82) is 0 Å². The third-order valence-corrected chi connectivity index (χ3v) is 2.99. The number of allylic oxidation sites excluding steroid dienone is 1. The van der Waals surface area contributed by atoms with Gasteiger partial charge in [-0.2, -0.15) is 0 Å². The first-order chi connectivity index (χ1) is 9.12. The number of aromatic nitrogens is 2. The Bertz CT molecular complexity index is 513. The molecule has 1 aromatic rings. The monoisotopic (exact) mass is 297 g/mol. The van der Waals surface area contributed by atoms with E-state index in [1.165, 1.54) is 11.8 Å². The first kappa shape index (κ1) is 15.5. The van der Waals surface area contributed by atoms with Crippen LogP contribution in [-0.4, -0.2) is 29.5 Å². The predicted molar refractivity (Wildman–Crippen MR) is 84.2 cm³/mol. The Morgan fingerprint density at radius 2 is 2.32 bits per heavy atom. The van der Waals surface area contributed by atoms with Gasteiger partial charge in [-0.15, -0.1) is 0 Å². The van der Waals surface area contributed by atoms with Crippen molar-refractivity contribution < 1.29 is 0 Å². The fourth-order valence-corrected chi connectivity index (χ4v) is 1.90. The predicted octanol–water partition coefficient (Wildman–Crippen LogP) is 3.01. The minimum Gasteiger partial charge on any atom is -0.393 e. The maximum atomic E-state index is 5.95. The Kier molecular flexibility index (Phi) is 6.38. The second-order valence-corrected chi connectivity index (χ2v) is 4.63. The van der Waals surface area contributed by atoms with Crippen LogP contribution in [0.4, 0.5) is 11.5 Å². The molecule has 0 bridgehead atoms. The van der Waals surface area contributed by atoms with E-state index in [-0.39, 0.29) is 5.15 Å². The van der Waals surface area contributed by atoms with Crippen molar-refractivity contribution in [1.82, 2.24) is 9.97 Å². The van der Waals surface area contributed by atoms with E-state index < -0.39 is 0 Å². The molecule has 7 heteroatoms. The molecule has 0 saturated heterocycles.